The smallest absolute Gasteiger partial charge is 0.243 e. The summed E-state index contributed by atoms with van der Waals surface area (Å²) in [5.41, 5.74) is 0. The van der Waals surface area contributed by atoms with Gasteiger partial charge in [0.25, 0.3) is 0 Å². The van der Waals surface area contributed by atoms with Gasteiger partial charge in [0.2, 0.25) is 20.0 Å². The third-order valence-corrected chi connectivity index (χ3v) is 6.59. The minimum absolute atomic E-state index is 0.0474. The van der Waals surface area contributed by atoms with Gasteiger partial charge in [-0.25, -0.2) is 22.0 Å². The maximum atomic E-state index is 12.6. The highest BCUT2D eigenvalue weighted by molar-refractivity contribution is 7.90. The van der Waals surface area contributed by atoms with Crippen LogP contribution in [0.3, 0.4) is 0 Å². The fraction of sp³-hybridized carbons (Fsp3) is 0.500. The lowest BCUT2D eigenvalue weighted by Crippen LogP contribution is -2.39. The van der Waals surface area contributed by atoms with Crippen LogP contribution in [-0.2, 0) is 20.0 Å². The molecule has 1 aromatic rings. The van der Waals surface area contributed by atoms with Gasteiger partial charge >= 0.3 is 0 Å². The molecule has 1 aliphatic rings. The van der Waals surface area contributed by atoms with Crippen LogP contribution in [0, 0.1) is 5.92 Å². The number of nitrogens with two attached hydrogens (primary N) is 1. The number of sulfonamides is 2. The lowest BCUT2D eigenvalue weighted by molar-refractivity contribution is 0.191. The molecule has 2 rings (SSSR count). The molecule has 1 heterocycles. The zero-order chi connectivity index (χ0) is 15.8. The number of hydrogen-bond donors (Lipinski definition) is 2. The summed E-state index contributed by atoms with van der Waals surface area (Å²) in [7, 11) is -7.83. The fourth-order valence-corrected chi connectivity index (χ4v) is 4.90. The second kappa shape index (κ2) is 5.65. The molecule has 21 heavy (non-hydrogen) atoms. The van der Waals surface area contributed by atoms with Crippen LogP contribution in [-0.4, -0.2) is 45.4 Å². The van der Waals surface area contributed by atoms with Crippen LogP contribution in [0.25, 0.3) is 0 Å². The summed E-state index contributed by atoms with van der Waals surface area (Å²) in [5.74, 6) is 0.0474. The molecule has 1 aliphatic heterocycles. The summed E-state index contributed by atoms with van der Waals surface area (Å²) in [4.78, 5) is -0.391. The minimum Gasteiger partial charge on any atom is -0.395 e. The summed E-state index contributed by atoms with van der Waals surface area (Å²) in [6, 6.07) is 4.45. The Bertz CT molecular complexity index is 730. The van der Waals surface area contributed by atoms with Gasteiger partial charge in [0.15, 0.2) is 0 Å². The normalized spacial score (nSPS) is 24.3. The number of hydrogen-bond acceptors (Lipinski definition) is 5. The molecule has 0 radical (unpaired) electrons. The van der Waals surface area contributed by atoms with E-state index in [4.69, 9.17) is 5.14 Å². The monoisotopic (exact) mass is 334 g/mol. The van der Waals surface area contributed by atoms with Crippen molar-refractivity contribution in [1.82, 2.24) is 4.31 Å². The van der Waals surface area contributed by atoms with Crippen molar-refractivity contribution < 1.29 is 21.9 Å². The first kappa shape index (κ1) is 16.4. The zero-order valence-corrected chi connectivity index (χ0v) is 13.1. The molecule has 1 saturated heterocycles. The summed E-state index contributed by atoms with van der Waals surface area (Å²) >= 11 is 0. The minimum atomic E-state index is -3.97. The molecular formula is C12H18N2O5S2. The number of nitrogens with zero attached hydrogens (tertiary/aromatic N) is 1. The lowest BCUT2D eigenvalue weighted by Gasteiger charge is -2.24. The number of primary sulfonamides is 1. The van der Waals surface area contributed by atoms with Crippen LogP contribution in [0.1, 0.15) is 13.3 Å². The zero-order valence-electron chi connectivity index (χ0n) is 11.5. The molecule has 1 fully saturated rings. The van der Waals surface area contributed by atoms with Gasteiger partial charge in [-0.05, 0) is 30.5 Å². The molecule has 3 N–H and O–H groups in total. The first-order chi connectivity index (χ1) is 9.67. The Kier molecular flexibility index (Phi) is 4.41. The summed E-state index contributed by atoms with van der Waals surface area (Å²) < 4.78 is 49.1. The highest BCUT2D eigenvalue weighted by atomic mass is 32.2. The number of rotatable bonds is 4. The largest absolute Gasteiger partial charge is 0.395 e. The van der Waals surface area contributed by atoms with Gasteiger partial charge in [0, 0.05) is 6.54 Å². The first-order valence-electron chi connectivity index (χ1n) is 6.43. The Morgan fingerprint density at radius 2 is 1.90 bits per heavy atom. The number of aliphatic hydroxyl groups is 1. The van der Waals surface area contributed by atoms with E-state index in [2.05, 4.69) is 0 Å². The van der Waals surface area contributed by atoms with Crippen molar-refractivity contribution in [3.63, 3.8) is 0 Å². The Labute approximate surface area is 124 Å². The van der Waals surface area contributed by atoms with Crippen LogP contribution < -0.4 is 5.14 Å². The van der Waals surface area contributed by atoms with Crippen molar-refractivity contribution in [2.75, 3.05) is 13.2 Å². The van der Waals surface area contributed by atoms with Crippen molar-refractivity contribution in [1.29, 1.82) is 0 Å². The standard InChI is InChI=1S/C12H18N2O5S2/c1-9-5-6-14(12(9)8-15)21(18,19)11-4-2-3-10(7-11)20(13,16)17/h2-4,7,9,12,15H,5-6,8H2,1H3,(H2,13,16,17). The quantitative estimate of drug-likeness (QED) is 0.785. The highest BCUT2D eigenvalue weighted by Gasteiger charge is 2.39. The van der Waals surface area contributed by atoms with Crippen LogP contribution >= 0.6 is 0 Å². The van der Waals surface area contributed by atoms with Gasteiger partial charge in [0.1, 0.15) is 0 Å². The van der Waals surface area contributed by atoms with E-state index in [-0.39, 0.29) is 22.3 Å². The molecule has 0 bridgehead atoms. The van der Waals surface area contributed by atoms with Crippen molar-refractivity contribution in [2.45, 2.75) is 29.2 Å². The van der Waals surface area contributed by atoms with Crippen LogP contribution in [0.15, 0.2) is 34.1 Å². The van der Waals surface area contributed by atoms with Crippen molar-refractivity contribution >= 4 is 20.0 Å². The van der Waals surface area contributed by atoms with Gasteiger partial charge in [-0.2, -0.15) is 4.31 Å². The first-order valence-corrected chi connectivity index (χ1v) is 9.42. The van der Waals surface area contributed by atoms with E-state index in [9.17, 15) is 21.9 Å². The fourth-order valence-electron chi connectivity index (χ4n) is 2.49. The van der Waals surface area contributed by atoms with E-state index in [1.807, 2.05) is 6.92 Å². The molecule has 118 valence electrons. The van der Waals surface area contributed by atoms with E-state index >= 15 is 0 Å². The van der Waals surface area contributed by atoms with Crippen molar-refractivity contribution in [3.8, 4) is 0 Å². The average molecular weight is 334 g/mol. The predicted molar refractivity (Wildman–Crippen MR) is 76.4 cm³/mol. The lowest BCUT2D eigenvalue weighted by atomic mass is 10.0. The molecule has 2 unspecified atom stereocenters. The average Bonchev–Trinajstić information content (AvgIpc) is 2.79. The van der Waals surface area contributed by atoms with Gasteiger partial charge < -0.3 is 5.11 Å². The molecular weight excluding hydrogens is 316 g/mol. The molecule has 1 aromatic carbocycles. The predicted octanol–water partition coefficient (Wildman–Crippen LogP) is -0.275. The molecule has 0 aromatic heterocycles. The Morgan fingerprint density at radius 1 is 1.29 bits per heavy atom. The maximum Gasteiger partial charge on any atom is 0.243 e. The Hall–Kier alpha value is -1.00. The van der Waals surface area contributed by atoms with Gasteiger partial charge in [-0.1, -0.05) is 13.0 Å². The Balaban J connectivity index is 2.46. The molecule has 0 spiro atoms. The van der Waals surface area contributed by atoms with Gasteiger partial charge in [-0.15, -0.1) is 0 Å². The maximum absolute atomic E-state index is 12.6. The van der Waals surface area contributed by atoms with E-state index < -0.39 is 26.1 Å². The third kappa shape index (κ3) is 3.11. The number of aliphatic hydroxyl groups excluding tert-OH is 1. The number of benzene rings is 1. The van der Waals surface area contributed by atoms with Gasteiger partial charge in [0.05, 0.1) is 22.4 Å². The second-order valence-electron chi connectivity index (χ2n) is 5.15. The third-order valence-electron chi connectivity index (χ3n) is 3.76. The highest BCUT2D eigenvalue weighted by Crippen LogP contribution is 2.30. The SMILES string of the molecule is CC1CCN(S(=O)(=O)c2cccc(S(N)(=O)=O)c2)C1CO. The summed E-state index contributed by atoms with van der Waals surface area (Å²) in [5, 5.41) is 14.4. The second-order valence-corrected chi connectivity index (χ2v) is 8.60. The Morgan fingerprint density at radius 3 is 2.48 bits per heavy atom. The van der Waals surface area contributed by atoms with E-state index in [0.29, 0.717) is 13.0 Å². The summed E-state index contributed by atoms with van der Waals surface area (Å²) in [6.45, 7) is 1.90. The van der Waals surface area contributed by atoms with E-state index in [1.54, 1.807) is 0 Å². The molecule has 7 nitrogen and oxygen atoms in total. The van der Waals surface area contributed by atoms with Crippen molar-refractivity contribution in [2.24, 2.45) is 11.1 Å². The summed E-state index contributed by atoms with van der Waals surface area (Å²) in [6.07, 6.45) is 0.652. The van der Waals surface area contributed by atoms with E-state index in [0.717, 1.165) is 6.07 Å². The molecule has 0 saturated carbocycles. The molecule has 2 atom stereocenters. The molecule has 9 heteroatoms. The van der Waals surface area contributed by atoms with E-state index in [1.165, 1.54) is 22.5 Å². The van der Waals surface area contributed by atoms with Crippen molar-refractivity contribution in [3.05, 3.63) is 24.3 Å². The van der Waals surface area contributed by atoms with Crippen LogP contribution in [0.4, 0.5) is 0 Å². The topological polar surface area (TPSA) is 118 Å². The van der Waals surface area contributed by atoms with Crippen LogP contribution in [0.5, 0.6) is 0 Å². The molecule has 0 aliphatic carbocycles. The van der Waals surface area contributed by atoms with Gasteiger partial charge in [-0.3, -0.25) is 0 Å². The molecule has 0 amide bonds. The van der Waals surface area contributed by atoms with Crippen LogP contribution in [0.2, 0.25) is 0 Å².